The van der Waals surface area contributed by atoms with Crippen molar-refractivity contribution in [1.82, 2.24) is 9.80 Å². The molecule has 1 saturated heterocycles. The van der Waals surface area contributed by atoms with Crippen molar-refractivity contribution in [3.63, 3.8) is 0 Å². The Hall–Kier alpha value is -1.29. The molecule has 2 aliphatic heterocycles. The van der Waals surface area contributed by atoms with Gasteiger partial charge in [-0.25, -0.2) is 0 Å². The number of fused-ring (bicyclic) bond motifs is 1. The van der Waals surface area contributed by atoms with Gasteiger partial charge in [0.15, 0.2) is 0 Å². The van der Waals surface area contributed by atoms with Crippen LogP contribution in [0.5, 0.6) is 0 Å². The van der Waals surface area contributed by atoms with Crippen molar-refractivity contribution in [1.29, 1.82) is 0 Å². The van der Waals surface area contributed by atoms with Crippen molar-refractivity contribution in [2.75, 3.05) is 31.9 Å². The lowest BCUT2D eigenvalue weighted by molar-refractivity contribution is 0.190. The zero-order chi connectivity index (χ0) is 16.2. The van der Waals surface area contributed by atoms with E-state index in [1.54, 1.807) is 5.56 Å². The van der Waals surface area contributed by atoms with Crippen LogP contribution in [-0.2, 0) is 6.54 Å². The van der Waals surface area contributed by atoms with E-state index >= 15 is 0 Å². The molecule has 0 N–H and O–H groups in total. The molecule has 2 heterocycles. The minimum Gasteiger partial charge on any atom is -0.298 e. The molecule has 0 aromatic heterocycles. The fourth-order valence-corrected chi connectivity index (χ4v) is 5.11. The summed E-state index contributed by atoms with van der Waals surface area (Å²) >= 11 is 2.03. The Labute approximate surface area is 149 Å². The second-order valence-electron chi connectivity index (χ2n) is 6.84. The van der Waals surface area contributed by atoms with Crippen molar-refractivity contribution in [3.8, 4) is 0 Å². The molecule has 0 radical (unpaired) electrons. The molecular formula is C21H26N2S. The molecule has 24 heavy (non-hydrogen) atoms. The minimum atomic E-state index is 0.624. The van der Waals surface area contributed by atoms with E-state index in [-0.39, 0.29) is 0 Å². The number of hydrogen-bond acceptors (Lipinski definition) is 3. The van der Waals surface area contributed by atoms with Gasteiger partial charge in [-0.3, -0.25) is 9.80 Å². The molecule has 0 amide bonds. The summed E-state index contributed by atoms with van der Waals surface area (Å²) in [5.74, 6) is 1.26. The molecule has 0 spiro atoms. The predicted molar refractivity (Wildman–Crippen MR) is 102 cm³/mol. The summed E-state index contributed by atoms with van der Waals surface area (Å²) in [4.78, 5) is 6.86. The molecule has 2 aromatic carbocycles. The first-order chi connectivity index (χ1) is 11.9. The highest BCUT2D eigenvalue weighted by atomic mass is 32.2. The van der Waals surface area contributed by atoms with E-state index in [4.69, 9.17) is 0 Å². The molecule has 1 atom stereocenters. The molecule has 1 fully saturated rings. The third-order valence-corrected chi connectivity index (χ3v) is 6.36. The highest BCUT2D eigenvalue weighted by molar-refractivity contribution is 7.99. The fraction of sp³-hybridized carbons (Fsp3) is 0.429. The number of thioether (sulfide) groups is 1. The van der Waals surface area contributed by atoms with Crippen molar-refractivity contribution < 1.29 is 0 Å². The smallest absolute Gasteiger partial charge is 0.0367 e. The summed E-state index contributed by atoms with van der Waals surface area (Å²) in [6.45, 7) is 5.91. The number of hydrogen-bond donors (Lipinski definition) is 0. The van der Waals surface area contributed by atoms with Crippen LogP contribution < -0.4 is 0 Å². The lowest BCUT2D eigenvalue weighted by Gasteiger charge is -2.35. The van der Waals surface area contributed by atoms with Crippen molar-refractivity contribution >= 4 is 11.8 Å². The van der Waals surface area contributed by atoms with Crippen LogP contribution in [0.15, 0.2) is 59.5 Å². The Bertz CT molecular complexity index is 658. The van der Waals surface area contributed by atoms with E-state index in [9.17, 15) is 0 Å². The molecule has 4 rings (SSSR count). The van der Waals surface area contributed by atoms with Crippen LogP contribution in [0.4, 0.5) is 0 Å². The molecular weight excluding hydrogens is 312 g/mol. The average Bonchev–Trinajstić information content (AvgIpc) is 2.88. The molecule has 2 aliphatic rings. The van der Waals surface area contributed by atoms with Gasteiger partial charge in [-0.2, -0.15) is 0 Å². The Morgan fingerprint density at radius 2 is 1.71 bits per heavy atom. The van der Waals surface area contributed by atoms with Crippen LogP contribution in [0, 0.1) is 0 Å². The maximum atomic E-state index is 2.74. The highest BCUT2D eigenvalue weighted by Crippen LogP contribution is 2.39. The van der Waals surface area contributed by atoms with Crippen LogP contribution in [0.1, 0.15) is 30.0 Å². The standard InChI is InChI=1S/C21H26N2S/c1-2-7-18(8-3-1)17-22-12-6-13-23(15-14-22)20-11-16-24-21-10-5-4-9-19(20)21/h1-5,7-10,20H,6,11-17H2. The van der Waals surface area contributed by atoms with Gasteiger partial charge in [0.25, 0.3) is 0 Å². The first-order valence-electron chi connectivity index (χ1n) is 9.12. The number of nitrogens with zero attached hydrogens (tertiary/aromatic N) is 2. The van der Waals surface area contributed by atoms with Crippen molar-refractivity contribution in [2.45, 2.75) is 30.3 Å². The Morgan fingerprint density at radius 1 is 0.875 bits per heavy atom. The summed E-state index contributed by atoms with van der Waals surface area (Å²) < 4.78 is 0. The topological polar surface area (TPSA) is 6.48 Å². The van der Waals surface area contributed by atoms with Gasteiger partial charge in [-0.1, -0.05) is 48.5 Å². The zero-order valence-electron chi connectivity index (χ0n) is 14.2. The maximum absolute atomic E-state index is 2.74. The van der Waals surface area contributed by atoms with Gasteiger partial charge < -0.3 is 0 Å². The number of benzene rings is 2. The van der Waals surface area contributed by atoms with Gasteiger partial charge in [0.1, 0.15) is 0 Å². The van der Waals surface area contributed by atoms with Crippen molar-refractivity contribution in [2.24, 2.45) is 0 Å². The first-order valence-corrected chi connectivity index (χ1v) is 10.1. The maximum Gasteiger partial charge on any atom is 0.0367 e. The lowest BCUT2D eigenvalue weighted by Crippen LogP contribution is -2.34. The van der Waals surface area contributed by atoms with E-state index in [1.807, 2.05) is 11.8 Å². The largest absolute Gasteiger partial charge is 0.298 e. The molecule has 3 heteroatoms. The minimum absolute atomic E-state index is 0.624. The van der Waals surface area contributed by atoms with Gasteiger partial charge in [-0.15, -0.1) is 11.8 Å². The molecule has 126 valence electrons. The highest BCUT2D eigenvalue weighted by Gasteiger charge is 2.27. The van der Waals surface area contributed by atoms with Crippen LogP contribution >= 0.6 is 11.8 Å². The number of rotatable bonds is 3. The molecule has 1 unspecified atom stereocenters. The van der Waals surface area contributed by atoms with Crippen LogP contribution in [0.2, 0.25) is 0 Å². The normalized spacial score (nSPS) is 22.8. The average molecular weight is 339 g/mol. The second kappa shape index (κ2) is 7.73. The molecule has 0 aliphatic carbocycles. The first kappa shape index (κ1) is 16.2. The Kier molecular flexibility index (Phi) is 5.21. The van der Waals surface area contributed by atoms with Crippen LogP contribution in [0.25, 0.3) is 0 Å². The molecule has 0 saturated carbocycles. The SMILES string of the molecule is c1ccc(CN2CCCN(C3CCSc4ccccc43)CC2)cc1. The molecule has 2 aromatic rings. The van der Waals surface area contributed by atoms with Crippen LogP contribution in [0.3, 0.4) is 0 Å². The van der Waals surface area contributed by atoms with E-state index < -0.39 is 0 Å². The summed E-state index contributed by atoms with van der Waals surface area (Å²) in [6, 6.07) is 20.5. The van der Waals surface area contributed by atoms with Gasteiger partial charge in [0, 0.05) is 37.1 Å². The monoisotopic (exact) mass is 338 g/mol. The summed E-state index contributed by atoms with van der Waals surface area (Å²) in [6.07, 6.45) is 2.57. The third-order valence-electron chi connectivity index (χ3n) is 5.24. The summed E-state index contributed by atoms with van der Waals surface area (Å²) in [5.41, 5.74) is 3.00. The Balaban J connectivity index is 1.42. The van der Waals surface area contributed by atoms with Gasteiger partial charge in [-0.05, 0) is 42.3 Å². The predicted octanol–water partition coefficient (Wildman–Crippen LogP) is 4.43. The lowest BCUT2D eigenvalue weighted by atomic mass is 10.0. The summed E-state index contributed by atoms with van der Waals surface area (Å²) in [7, 11) is 0. The van der Waals surface area contributed by atoms with Crippen molar-refractivity contribution in [3.05, 3.63) is 65.7 Å². The van der Waals surface area contributed by atoms with Gasteiger partial charge in [0.05, 0.1) is 0 Å². The third kappa shape index (κ3) is 3.69. The quantitative estimate of drug-likeness (QED) is 0.817. The Morgan fingerprint density at radius 3 is 2.62 bits per heavy atom. The van der Waals surface area contributed by atoms with Gasteiger partial charge >= 0.3 is 0 Å². The van der Waals surface area contributed by atoms with E-state index in [1.165, 1.54) is 55.2 Å². The second-order valence-corrected chi connectivity index (χ2v) is 7.98. The molecule has 2 nitrogen and oxygen atoms in total. The van der Waals surface area contributed by atoms with Crippen LogP contribution in [-0.4, -0.2) is 41.7 Å². The van der Waals surface area contributed by atoms with E-state index in [2.05, 4.69) is 64.4 Å². The van der Waals surface area contributed by atoms with E-state index in [0.29, 0.717) is 6.04 Å². The van der Waals surface area contributed by atoms with E-state index in [0.717, 1.165) is 6.54 Å². The molecule has 0 bridgehead atoms. The fourth-order valence-electron chi connectivity index (χ4n) is 4.00. The zero-order valence-corrected chi connectivity index (χ0v) is 15.0. The summed E-state index contributed by atoms with van der Waals surface area (Å²) in [5, 5.41) is 0. The van der Waals surface area contributed by atoms with Gasteiger partial charge in [0.2, 0.25) is 0 Å².